The standard InChI is InChI=1S/C17H26N2O2.ClH/c1-15(14-21-16-8-4-3-5-9-16)18(2)17(20)10-13-19-11-6-7-12-19;/h3-5,8-9,15H,6-7,10-14H2,1-2H3;1H. The fourth-order valence-corrected chi connectivity index (χ4v) is 2.53. The summed E-state index contributed by atoms with van der Waals surface area (Å²) in [6.07, 6.45) is 3.14. The lowest BCUT2D eigenvalue weighted by Crippen LogP contribution is -2.40. The Morgan fingerprint density at radius 1 is 1.27 bits per heavy atom. The predicted molar refractivity (Wildman–Crippen MR) is 91.7 cm³/mol. The molecule has 4 nitrogen and oxygen atoms in total. The van der Waals surface area contributed by atoms with E-state index in [-0.39, 0.29) is 24.4 Å². The number of ether oxygens (including phenoxy) is 1. The normalized spacial score (nSPS) is 15.9. The van der Waals surface area contributed by atoms with Crippen LogP contribution in [0.25, 0.3) is 0 Å². The second-order valence-electron chi connectivity index (χ2n) is 5.78. The van der Waals surface area contributed by atoms with Crippen LogP contribution in [-0.2, 0) is 4.79 Å². The average Bonchev–Trinajstić information content (AvgIpc) is 3.04. The highest BCUT2D eigenvalue weighted by molar-refractivity contribution is 5.85. The second kappa shape index (κ2) is 9.70. The van der Waals surface area contributed by atoms with Crippen LogP contribution in [0.2, 0.25) is 0 Å². The van der Waals surface area contributed by atoms with E-state index in [9.17, 15) is 4.79 Å². The van der Waals surface area contributed by atoms with Crippen molar-refractivity contribution >= 4 is 18.3 Å². The molecule has 0 bridgehead atoms. The van der Waals surface area contributed by atoms with Crippen LogP contribution in [0.4, 0.5) is 0 Å². The summed E-state index contributed by atoms with van der Waals surface area (Å²) in [4.78, 5) is 16.4. The molecule has 1 atom stereocenters. The molecular formula is C17H27ClN2O2. The molecule has 1 aromatic rings. The summed E-state index contributed by atoms with van der Waals surface area (Å²) >= 11 is 0. The van der Waals surface area contributed by atoms with E-state index in [2.05, 4.69) is 4.90 Å². The topological polar surface area (TPSA) is 32.8 Å². The second-order valence-corrected chi connectivity index (χ2v) is 5.78. The van der Waals surface area contributed by atoms with Crippen molar-refractivity contribution in [2.45, 2.75) is 32.2 Å². The number of halogens is 1. The summed E-state index contributed by atoms with van der Waals surface area (Å²) in [5, 5.41) is 0. The maximum atomic E-state index is 12.2. The number of hydrogen-bond acceptors (Lipinski definition) is 3. The first kappa shape index (κ1) is 18.8. The van der Waals surface area contributed by atoms with Crippen LogP contribution in [-0.4, -0.2) is 55.0 Å². The smallest absolute Gasteiger partial charge is 0.223 e. The highest BCUT2D eigenvalue weighted by Crippen LogP contribution is 2.11. The largest absolute Gasteiger partial charge is 0.491 e. The van der Waals surface area contributed by atoms with Crippen molar-refractivity contribution in [1.29, 1.82) is 0 Å². The highest BCUT2D eigenvalue weighted by atomic mass is 35.5. The van der Waals surface area contributed by atoms with Crippen molar-refractivity contribution in [1.82, 2.24) is 9.80 Å². The quantitative estimate of drug-likeness (QED) is 0.772. The van der Waals surface area contributed by atoms with Crippen molar-refractivity contribution < 1.29 is 9.53 Å². The Hall–Kier alpha value is -1.26. The van der Waals surface area contributed by atoms with Crippen LogP contribution in [0, 0.1) is 0 Å². The van der Waals surface area contributed by atoms with E-state index in [0.717, 1.165) is 25.4 Å². The molecule has 1 aliphatic heterocycles. The van der Waals surface area contributed by atoms with Crippen molar-refractivity contribution in [2.24, 2.45) is 0 Å². The lowest BCUT2D eigenvalue weighted by Gasteiger charge is -2.26. The zero-order valence-electron chi connectivity index (χ0n) is 13.5. The summed E-state index contributed by atoms with van der Waals surface area (Å²) in [6, 6.07) is 9.81. The number of likely N-dealkylation sites (N-methyl/N-ethyl adjacent to an activating group) is 1. The Morgan fingerprint density at radius 2 is 1.91 bits per heavy atom. The molecular weight excluding hydrogens is 300 g/mol. The van der Waals surface area contributed by atoms with E-state index in [1.54, 1.807) is 4.90 Å². The van der Waals surface area contributed by atoms with Gasteiger partial charge >= 0.3 is 0 Å². The minimum absolute atomic E-state index is 0. The predicted octanol–water partition coefficient (Wildman–Crippen LogP) is 2.82. The summed E-state index contributed by atoms with van der Waals surface area (Å²) in [5.41, 5.74) is 0. The molecule has 0 aromatic heterocycles. The van der Waals surface area contributed by atoms with E-state index in [0.29, 0.717) is 13.0 Å². The number of hydrogen-bond donors (Lipinski definition) is 0. The molecule has 1 fully saturated rings. The van der Waals surface area contributed by atoms with Crippen LogP contribution in [0.15, 0.2) is 30.3 Å². The Bertz CT molecular complexity index is 436. The van der Waals surface area contributed by atoms with Gasteiger partial charge in [-0.2, -0.15) is 0 Å². The van der Waals surface area contributed by atoms with Gasteiger partial charge in [0.15, 0.2) is 0 Å². The molecule has 2 rings (SSSR count). The molecule has 124 valence electrons. The molecule has 5 heteroatoms. The van der Waals surface area contributed by atoms with Crippen LogP contribution in [0.5, 0.6) is 5.75 Å². The van der Waals surface area contributed by atoms with E-state index in [1.807, 2.05) is 44.3 Å². The summed E-state index contributed by atoms with van der Waals surface area (Å²) < 4.78 is 5.71. The number of benzene rings is 1. The first-order chi connectivity index (χ1) is 10.2. The molecule has 0 spiro atoms. The van der Waals surface area contributed by atoms with E-state index in [1.165, 1.54) is 12.8 Å². The van der Waals surface area contributed by atoms with Gasteiger partial charge in [-0.25, -0.2) is 0 Å². The Morgan fingerprint density at radius 3 is 2.55 bits per heavy atom. The number of likely N-dealkylation sites (tertiary alicyclic amines) is 1. The van der Waals surface area contributed by atoms with Crippen LogP contribution < -0.4 is 4.74 Å². The number of carbonyl (C=O) groups is 1. The molecule has 1 amide bonds. The molecule has 0 aliphatic carbocycles. The Labute approximate surface area is 139 Å². The van der Waals surface area contributed by atoms with Gasteiger partial charge in [-0.05, 0) is 45.0 Å². The molecule has 1 aliphatic rings. The third-order valence-electron chi connectivity index (χ3n) is 4.13. The molecule has 1 aromatic carbocycles. The minimum Gasteiger partial charge on any atom is -0.491 e. The number of amides is 1. The molecule has 0 N–H and O–H groups in total. The van der Waals surface area contributed by atoms with Gasteiger partial charge in [0.2, 0.25) is 5.91 Å². The minimum atomic E-state index is 0. The molecule has 1 saturated heterocycles. The molecule has 1 unspecified atom stereocenters. The zero-order valence-corrected chi connectivity index (χ0v) is 14.3. The van der Waals surface area contributed by atoms with Crippen molar-refractivity contribution in [3.05, 3.63) is 30.3 Å². The van der Waals surface area contributed by atoms with Crippen molar-refractivity contribution in [3.8, 4) is 5.75 Å². The number of carbonyl (C=O) groups excluding carboxylic acids is 1. The third-order valence-corrected chi connectivity index (χ3v) is 4.13. The number of rotatable bonds is 7. The van der Waals surface area contributed by atoms with E-state index >= 15 is 0 Å². The van der Waals surface area contributed by atoms with Crippen LogP contribution in [0.3, 0.4) is 0 Å². The van der Waals surface area contributed by atoms with Gasteiger partial charge < -0.3 is 14.5 Å². The fraction of sp³-hybridized carbons (Fsp3) is 0.588. The lowest BCUT2D eigenvalue weighted by atomic mass is 10.2. The summed E-state index contributed by atoms with van der Waals surface area (Å²) in [6.45, 7) is 5.72. The maximum absolute atomic E-state index is 12.2. The third kappa shape index (κ3) is 5.85. The van der Waals surface area contributed by atoms with Gasteiger partial charge in [0.05, 0.1) is 6.04 Å². The fourth-order valence-electron chi connectivity index (χ4n) is 2.53. The van der Waals surface area contributed by atoms with Gasteiger partial charge in [-0.15, -0.1) is 12.4 Å². The molecule has 0 saturated carbocycles. The van der Waals surface area contributed by atoms with Crippen molar-refractivity contribution in [2.75, 3.05) is 33.3 Å². The monoisotopic (exact) mass is 326 g/mol. The molecule has 0 radical (unpaired) electrons. The Kier molecular flexibility index (Phi) is 8.28. The van der Waals surface area contributed by atoms with E-state index in [4.69, 9.17) is 4.74 Å². The van der Waals surface area contributed by atoms with Crippen LogP contribution in [0.1, 0.15) is 26.2 Å². The average molecular weight is 327 g/mol. The van der Waals surface area contributed by atoms with Gasteiger partial charge in [0.1, 0.15) is 12.4 Å². The first-order valence-corrected chi connectivity index (χ1v) is 7.82. The Balaban J connectivity index is 0.00000242. The SMILES string of the molecule is CC(COc1ccccc1)N(C)C(=O)CCN1CCCC1.Cl. The van der Waals surface area contributed by atoms with E-state index < -0.39 is 0 Å². The lowest BCUT2D eigenvalue weighted by molar-refractivity contribution is -0.132. The van der Waals surface area contributed by atoms with Gasteiger partial charge in [0, 0.05) is 20.0 Å². The molecule has 22 heavy (non-hydrogen) atoms. The van der Waals surface area contributed by atoms with Gasteiger partial charge in [-0.3, -0.25) is 4.79 Å². The maximum Gasteiger partial charge on any atom is 0.223 e. The summed E-state index contributed by atoms with van der Waals surface area (Å²) in [5.74, 6) is 1.05. The molecule has 1 heterocycles. The van der Waals surface area contributed by atoms with Gasteiger partial charge in [-0.1, -0.05) is 18.2 Å². The van der Waals surface area contributed by atoms with Gasteiger partial charge in [0.25, 0.3) is 0 Å². The zero-order chi connectivity index (χ0) is 15.1. The number of nitrogens with zero attached hydrogens (tertiary/aromatic N) is 2. The summed E-state index contributed by atoms with van der Waals surface area (Å²) in [7, 11) is 1.87. The first-order valence-electron chi connectivity index (χ1n) is 7.82. The number of para-hydroxylation sites is 1. The van der Waals surface area contributed by atoms with Crippen molar-refractivity contribution in [3.63, 3.8) is 0 Å². The van der Waals surface area contributed by atoms with Crippen LogP contribution >= 0.6 is 12.4 Å². The highest BCUT2D eigenvalue weighted by Gasteiger charge is 2.18.